The second-order valence-electron chi connectivity index (χ2n) is 5.26. The van der Waals surface area contributed by atoms with Crippen molar-refractivity contribution in [2.75, 3.05) is 6.54 Å². The molecule has 0 radical (unpaired) electrons. The molecule has 5 heteroatoms. The van der Waals surface area contributed by atoms with Gasteiger partial charge in [0.1, 0.15) is 5.60 Å². The van der Waals surface area contributed by atoms with Crippen LogP contribution in [0.1, 0.15) is 32.8 Å². The Hall–Kier alpha value is -1.91. The van der Waals surface area contributed by atoms with Crippen LogP contribution in [0.2, 0.25) is 0 Å². The summed E-state index contributed by atoms with van der Waals surface area (Å²) in [5, 5.41) is 2.57. The van der Waals surface area contributed by atoms with Gasteiger partial charge in [-0.25, -0.2) is 13.6 Å². The predicted molar refractivity (Wildman–Crippen MR) is 74.2 cm³/mol. The normalized spacial score (nSPS) is 11.7. The van der Waals surface area contributed by atoms with Crippen LogP contribution < -0.4 is 5.32 Å². The summed E-state index contributed by atoms with van der Waals surface area (Å²) in [5.74, 6) is -1.75. The minimum atomic E-state index is -0.876. The van der Waals surface area contributed by atoms with Gasteiger partial charge in [0.2, 0.25) is 0 Å². The van der Waals surface area contributed by atoms with E-state index in [-0.39, 0.29) is 5.56 Å². The molecule has 1 N–H and O–H groups in total. The molecule has 0 fully saturated rings. The molecular weight excluding hydrogens is 264 g/mol. The Balaban J connectivity index is 2.36. The molecule has 0 aliphatic heterocycles. The maximum atomic E-state index is 13.3. The monoisotopic (exact) mass is 283 g/mol. The third-order valence-corrected chi connectivity index (χ3v) is 2.26. The van der Waals surface area contributed by atoms with Crippen molar-refractivity contribution in [2.45, 2.75) is 32.8 Å². The lowest BCUT2D eigenvalue weighted by Gasteiger charge is -2.19. The van der Waals surface area contributed by atoms with Gasteiger partial charge in [-0.2, -0.15) is 0 Å². The Morgan fingerprint density at radius 1 is 1.35 bits per heavy atom. The molecule has 110 valence electrons. The molecule has 0 spiro atoms. The fourth-order valence-electron chi connectivity index (χ4n) is 1.43. The Kier molecular flexibility index (Phi) is 5.67. The highest BCUT2D eigenvalue weighted by atomic mass is 19.2. The number of ether oxygens (including phenoxy) is 1. The Morgan fingerprint density at radius 2 is 2.05 bits per heavy atom. The first-order valence-electron chi connectivity index (χ1n) is 6.37. The summed E-state index contributed by atoms with van der Waals surface area (Å²) in [6, 6.07) is 3.99. The highest BCUT2D eigenvalue weighted by molar-refractivity contribution is 5.67. The number of rotatable bonds is 4. The Labute approximate surface area is 117 Å². The van der Waals surface area contributed by atoms with Gasteiger partial charge < -0.3 is 10.1 Å². The average molecular weight is 283 g/mol. The van der Waals surface area contributed by atoms with Crippen LogP contribution in [0.3, 0.4) is 0 Å². The van der Waals surface area contributed by atoms with Crippen LogP contribution in [0.5, 0.6) is 0 Å². The number of carbonyl (C=O) groups excluding carboxylic acids is 1. The summed E-state index contributed by atoms with van der Waals surface area (Å²) in [7, 11) is 0. The minimum absolute atomic E-state index is 0.183. The smallest absolute Gasteiger partial charge is 0.407 e. The van der Waals surface area contributed by atoms with Gasteiger partial charge in [0, 0.05) is 12.1 Å². The van der Waals surface area contributed by atoms with Crippen molar-refractivity contribution >= 4 is 12.2 Å². The van der Waals surface area contributed by atoms with Crippen molar-refractivity contribution in [1.82, 2.24) is 5.32 Å². The van der Waals surface area contributed by atoms with Crippen molar-refractivity contribution in [3.63, 3.8) is 0 Å². The Morgan fingerprint density at radius 3 is 2.70 bits per heavy atom. The number of alkyl carbamates (subject to hydrolysis) is 1. The van der Waals surface area contributed by atoms with Gasteiger partial charge in [-0.15, -0.1) is 0 Å². The molecule has 0 unspecified atom stereocenters. The largest absolute Gasteiger partial charge is 0.444 e. The lowest BCUT2D eigenvalue weighted by molar-refractivity contribution is 0.0529. The van der Waals surface area contributed by atoms with E-state index in [2.05, 4.69) is 5.32 Å². The lowest BCUT2D eigenvalue weighted by Crippen LogP contribution is -2.32. The highest BCUT2D eigenvalue weighted by Crippen LogP contribution is 2.13. The van der Waals surface area contributed by atoms with E-state index in [1.807, 2.05) is 0 Å². The molecule has 1 rings (SSSR count). The topological polar surface area (TPSA) is 38.3 Å². The molecule has 0 aliphatic carbocycles. The summed E-state index contributed by atoms with van der Waals surface area (Å²) < 4.78 is 31.3. The summed E-state index contributed by atoms with van der Waals surface area (Å²) in [5.41, 5.74) is -0.354. The third-order valence-electron chi connectivity index (χ3n) is 2.26. The van der Waals surface area contributed by atoms with Gasteiger partial charge in [0.05, 0.1) is 0 Å². The Bertz CT molecular complexity index is 493. The van der Waals surface area contributed by atoms with Gasteiger partial charge >= 0.3 is 6.09 Å². The molecule has 1 aromatic rings. The van der Waals surface area contributed by atoms with Crippen LogP contribution in [0.25, 0.3) is 6.08 Å². The zero-order chi connectivity index (χ0) is 15.2. The van der Waals surface area contributed by atoms with E-state index in [0.717, 1.165) is 6.07 Å². The number of amides is 1. The van der Waals surface area contributed by atoms with Crippen LogP contribution in [0, 0.1) is 11.6 Å². The van der Waals surface area contributed by atoms with E-state index in [4.69, 9.17) is 4.74 Å². The number of carbonyl (C=O) groups is 1. The van der Waals surface area contributed by atoms with Crippen LogP contribution >= 0.6 is 0 Å². The highest BCUT2D eigenvalue weighted by Gasteiger charge is 2.15. The third kappa shape index (κ3) is 5.82. The van der Waals surface area contributed by atoms with Crippen molar-refractivity contribution in [3.8, 4) is 0 Å². The van der Waals surface area contributed by atoms with Gasteiger partial charge in [-0.3, -0.25) is 0 Å². The van der Waals surface area contributed by atoms with Crippen molar-refractivity contribution < 1.29 is 18.3 Å². The molecule has 0 saturated carbocycles. The number of benzene rings is 1. The number of hydrogen-bond donors (Lipinski definition) is 1. The maximum Gasteiger partial charge on any atom is 0.407 e. The second-order valence-corrected chi connectivity index (χ2v) is 5.26. The molecule has 0 atom stereocenters. The van der Waals surface area contributed by atoms with E-state index in [1.54, 1.807) is 26.8 Å². The molecule has 0 heterocycles. The molecule has 1 amide bonds. The lowest BCUT2D eigenvalue weighted by atomic mass is 10.2. The molecule has 0 bridgehead atoms. The molecule has 20 heavy (non-hydrogen) atoms. The van der Waals surface area contributed by atoms with Gasteiger partial charge in [-0.1, -0.05) is 24.3 Å². The summed E-state index contributed by atoms with van der Waals surface area (Å²) in [6.07, 6.45) is 3.14. The van der Waals surface area contributed by atoms with E-state index in [9.17, 15) is 13.6 Å². The van der Waals surface area contributed by atoms with Gasteiger partial charge in [0.15, 0.2) is 11.6 Å². The first-order chi connectivity index (χ1) is 9.29. The van der Waals surface area contributed by atoms with Crippen LogP contribution in [0.15, 0.2) is 24.3 Å². The summed E-state index contributed by atoms with van der Waals surface area (Å²) in [6.45, 7) is 5.69. The summed E-state index contributed by atoms with van der Waals surface area (Å²) >= 11 is 0. The zero-order valence-electron chi connectivity index (χ0n) is 11.9. The fraction of sp³-hybridized carbons (Fsp3) is 0.400. The zero-order valence-corrected chi connectivity index (χ0v) is 11.9. The minimum Gasteiger partial charge on any atom is -0.444 e. The quantitative estimate of drug-likeness (QED) is 0.851. The van der Waals surface area contributed by atoms with Crippen LogP contribution in [-0.2, 0) is 4.74 Å². The molecule has 0 aromatic heterocycles. The van der Waals surface area contributed by atoms with Crippen LogP contribution in [-0.4, -0.2) is 18.2 Å². The van der Waals surface area contributed by atoms with Gasteiger partial charge in [-0.05, 0) is 33.3 Å². The molecule has 1 aromatic carbocycles. The molecule has 3 nitrogen and oxygen atoms in total. The van der Waals surface area contributed by atoms with Crippen molar-refractivity contribution in [3.05, 3.63) is 41.5 Å². The number of halogens is 2. The first-order valence-corrected chi connectivity index (χ1v) is 6.37. The van der Waals surface area contributed by atoms with Crippen molar-refractivity contribution in [2.24, 2.45) is 0 Å². The van der Waals surface area contributed by atoms with E-state index >= 15 is 0 Å². The van der Waals surface area contributed by atoms with E-state index < -0.39 is 23.3 Å². The SMILES string of the molecule is CC(C)(C)OC(=O)NCCC=Cc1cccc(F)c1F. The summed E-state index contributed by atoms with van der Waals surface area (Å²) in [4.78, 5) is 11.3. The number of hydrogen-bond acceptors (Lipinski definition) is 2. The fourth-order valence-corrected chi connectivity index (χ4v) is 1.43. The predicted octanol–water partition coefficient (Wildman–Crippen LogP) is 3.89. The molecular formula is C15H19F2NO2. The number of nitrogens with one attached hydrogen (secondary N) is 1. The van der Waals surface area contributed by atoms with E-state index in [1.165, 1.54) is 18.2 Å². The van der Waals surface area contributed by atoms with Gasteiger partial charge in [0.25, 0.3) is 0 Å². The second kappa shape index (κ2) is 7.03. The standard InChI is InChI=1S/C15H19F2NO2/c1-15(2,3)20-14(19)18-10-5-4-7-11-8-6-9-12(16)13(11)17/h4,6-9H,5,10H2,1-3H3,(H,18,19). The average Bonchev–Trinajstić information content (AvgIpc) is 2.31. The molecule has 0 aliphatic rings. The first kappa shape index (κ1) is 16.1. The maximum absolute atomic E-state index is 13.3. The molecule has 0 saturated heterocycles. The van der Waals surface area contributed by atoms with Crippen molar-refractivity contribution in [1.29, 1.82) is 0 Å². The van der Waals surface area contributed by atoms with E-state index in [0.29, 0.717) is 13.0 Å². The van der Waals surface area contributed by atoms with Crippen LogP contribution in [0.4, 0.5) is 13.6 Å².